The molecule has 2 aromatic heterocycles. The zero-order valence-corrected chi connectivity index (χ0v) is 18.1. The number of alkyl halides is 2. The molecule has 12 heteroatoms. The maximum absolute atomic E-state index is 14.2. The predicted molar refractivity (Wildman–Crippen MR) is 114 cm³/mol. The molecule has 0 radical (unpaired) electrons. The number of aromatic nitrogens is 2. The van der Waals surface area contributed by atoms with Crippen molar-refractivity contribution < 1.29 is 31.5 Å². The van der Waals surface area contributed by atoms with E-state index in [0.717, 1.165) is 24.0 Å². The van der Waals surface area contributed by atoms with Gasteiger partial charge in [0.1, 0.15) is 11.2 Å². The molecule has 0 aromatic carbocycles. The molecule has 2 N–H and O–H groups in total. The maximum atomic E-state index is 14.2. The highest BCUT2D eigenvalue weighted by molar-refractivity contribution is 8.14. The monoisotopic (exact) mass is 486 g/mol. The van der Waals surface area contributed by atoms with Gasteiger partial charge in [-0.15, -0.1) is 0 Å². The zero-order chi connectivity index (χ0) is 24.2. The Morgan fingerprint density at radius 1 is 1.36 bits per heavy atom. The van der Waals surface area contributed by atoms with Crippen molar-refractivity contribution in [3.05, 3.63) is 65.0 Å². The summed E-state index contributed by atoms with van der Waals surface area (Å²) in [6, 6.07) is 3.96. The summed E-state index contributed by atoms with van der Waals surface area (Å²) in [5, 5.41) is -0.186. The first kappa shape index (κ1) is 24.8. The van der Waals surface area contributed by atoms with Crippen molar-refractivity contribution in [3.8, 4) is 0 Å². The Kier molecular flexibility index (Phi) is 7.80. The molecule has 0 saturated carbocycles. The Labute approximate surface area is 190 Å². The van der Waals surface area contributed by atoms with Gasteiger partial charge in [0.15, 0.2) is 16.8 Å². The SMILES string of the molecule is C[C@@]1(c2cc(CC(=O)c3ncc(C=C(F)F)cc3F)ccn2)C[C@@H](COC(F)F)SC(N)=N1. The van der Waals surface area contributed by atoms with Crippen LogP contribution in [0.1, 0.15) is 40.7 Å². The third-order valence-electron chi connectivity index (χ3n) is 4.82. The second-order valence-electron chi connectivity index (χ2n) is 7.44. The molecule has 3 rings (SSSR count). The van der Waals surface area contributed by atoms with Gasteiger partial charge in [-0.1, -0.05) is 11.8 Å². The Morgan fingerprint density at radius 3 is 2.79 bits per heavy atom. The van der Waals surface area contributed by atoms with Gasteiger partial charge in [0.05, 0.1) is 12.3 Å². The summed E-state index contributed by atoms with van der Waals surface area (Å²) in [5.74, 6) is -1.67. The fourth-order valence-electron chi connectivity index (χ4n) is 3.42. The average Bonchev–Trinajstić information content (AvgIpc) is 2.71. The minimum Gasteiger partial charge on any atom is -0.379 e. The molecule has 3 heterocycles. The molecule has 0 saturated heterocycles. The molecule has 0 amide bonds. The molecule has 6 nitrogen and oxygen atoms in total. The lowest BCUT2D eigenvalue weighted by Crippen LogP contribution is -2.36. The van der Waals surface area contributed by atoms with E-state index in [1.807, 2.05) is 0 Å². The number of nitrogens with two attached hydrogens (primary N) is 1. The van der Waals surface area contributed by atoms with E-state index in [-0.39, 0.29) is 29.0 Å². The molecule has 0 unspecified atom stereocenters. The van der Waals surface area contributed by atoms with Crippen LogP contribution in [0.5, 0.6) is 0 Å². The molecular weight excluding hydrogens is 467 g/mol. The van der Waals surface area contributed by atoms with E-state index < -0.39 is 35.5 Å². The fourth-order valence-corrected chi connectivity index (χ4v) is 4.57. The molecule has 0 spiro atoms. The molecule has 33 heavy (non-hydrogen) atoms. The van der Waals surface area contributed by atoms with Crippen molar-refractivity contribution in [2.75, 3.05) is 6.61 Å². The number of ketones is 1. The van der Waals surface area contributed by atoms with Crippen molar-refractivity contribution >= 4 is 28.8 Å². The van der Waals surface area contributed by atoms with Gasteiger partial charge in [-0.25, -0.2) is 14.4 Å². The van der Waals surface area contributed by atoms with Gasteiger partial charge in [0.25, 0.3) is 6.08 Å². The number of hydrogen-bond acceptors (Lipinski definition) is 7. The van der Waals surface area contributed by atoms with E-state index in [9.17, 15) is 26.7 Å². The molecule has 0 fully saturated rings. The first-order chi connectivity index (χ1) is 15.6. The molecule has 1 aliphatic rings. The number of rotatable bonds is 8. The fraction of sp³-hybridized carbons (Fsp3) is 0.333. The summed E-state index contributed by atoms with van der Waals surface area (Å²) in [5.41, 5.74) is 5.23. The van der Waals surface area contributed by atoms with Crippen LogP contribution in [0, 0.1) is 5.82 Å². The highest BCUT2D eigenvalue weighted by Gasteiger charge is 2.36. The lowest BCUT2D eigenvalue weighted by atomic mass is 9.90. The quantitative estimate of drug-likeness (QED) is 0.435. The zero-order valence-electron chi connectivity index (χ0n) is 17.3. The van der Waals surface area contributed by atoms with E-state index in [0.29, 0.717) is 23.8 Å². The minimum atomic E-state index is -2.90. The van der Waals surface area contributed by atoms with E-state index in [4.69, 9.17) is 5.73 Å². The first-order valence-electron chi connectivity index (χ1n) is 9.64. The van der Waals surface area contributed by atoms with Gasteiger partial charge in [-0.3, -0.25) is 9.78 Å². The maximum Gasteiger partial charge on any atom is 0.345 e. The standard InChI is InChI=1S/C21H19F5N4O2S/c1-21(8-13(10-32-19(25)26)33-20(27)30-21)16-6-11(2-3-28-16)5-15(31)18-14(22)4-12(9-29-18)7-17(23)24/h2-4,6-7,9,13,19H,5,8,10H2,1H3,(H2,27,30)/t13-,21-/m0/s1. The summed E-state index contributed by atoms with van der Waals surface area (Å²) in [7, 11) is 0. The average molecular weight is 486 g/mol. The van der Waals surface area contributed by atoms with Crippen LogP contribution in [0.25, 0.3) is 6.08 Å². The van der Waals surface area contributed by atoms with Gasteiger partial charge >= 0.3 is 6.61 Å². The summed E-state index contributed by atoms with van der Waals surface area (Å²) >= 11 is 1.13. The van der Waals surface area contributed by atoms with Gasteiger partial charge in [-0.2, -0.15) is 17.6 Å². The van der Waals surface area contributed by atoms with Crippen LogP contribution in [0.4, 0.5) is 22.0 Å². The van der Waals surface area contributed by atoms with Crippen LogP contribution >= 0.6 is 11.8 Å². The van der Waals surface area contributed by atoms with Crippen molar-refractivity contribution in [2.45, 2.75) is 37.2 Å². The molecule has 1 aliphatic heterocycles. The van der Waals surface area contributed by atoms with E-state index >= 15 is 0 Å². The molecule has 0 bridgehead atoms. The largest absolute Gasteiger partial charge is 0.379 e. The van der Waals surface area contributed by atoms with Crippen LogP contribution in [0.2, 0.25) is 0 Å². The smallest absolute Gasteiger partial charge is 0.345 e. The third kappa shape index (κ3) is 6.57. The van der Waals surface area contributed by atoms with Crippen LogP contribution in [0.3, 0.4) is 0 Å². The lowest BCUT2D eigenvalue weighted by Gasteiger charge is -2.33. The molecule has 2 aromatic rings. The Balaban J connectivity index is 1.79. The number of thioether (sulfide) groups is 1. The number of aliphatic imine (C=N–C) groups is 1. The summed E-state index contributed by atoms with van der Waals surface area (Å²) in [6.45, 7) is -1.39. The topological polar surface area (TPSA) is 90.5 Å². The van der Waals surface area contributed by atoms with Crippen molar-refractivity contribution in [1.29, 1.82) is 0 Å². The number of carbonyl (C=O) groups excluding carboxylic acids is 1. The van der Waals surface area contributed by atoms with Crippen molar-refractivity contribution in [2.24, 2.45) is 10.7 Å². The highest BCUT2D eigenvalue weighted by atomic mass is 32.2. The number of halogens is 5. The van der Waals surface area contributed by atoms with E-state index in [1.165, 1.54) is 6.20 Å². The summed E-state index contributed by atoms with van der Waals surface area (Å²) in [6.07, 6.45) is 0.936. The summed E-state index contributed by atoms with van der Waals surface area (Å²) in [4.78, 5) is 24.9. The van der Waals surface area contributed by atoms with Crippen molar-refractivity contribution in [1.82, 2.24) is 9.97 Å². The van der Waals surface area contributed by atoms with Crippen LogP contribution in [-0.4, -0.2) is 39.4 Å². The molecule has 2 atom stereocenters. The Morgan fingerprint density at radius 2 is 2.12 bits per heavy atom. The number of pyridine rings is 2. The number of nitrogens with zero attached hydrogens (tertiary/aromatic N) is 3. The van der Waals surface area contributed by atoms with Crippen LogP contribution in [-0.2, 0) is 16.7 Å². The number of ether oxygens (including phenoxy) is 1. The van der Waals surface area contributed by atoms with Crippen LogP contribution < -0.4 is 5.73 Å². The minimum absolute atomic E-state index is 0.167. The molecule has 176 valence electrons. The third-order valence-corrected chi connectivity index (χ3v) is 5.79. The number of hydrogen-bond donors (Lipinski definition) is 1. The highest BCUT2D eigenvalue weighted by Crippen LogP contribution is 2.38. The molecule has 0 aliphatic carbocycles. The van der Waals surface area contributed by atoms with Gasteiger partial charge in [-0.05, 0) is 37.1 Å². The second-order valence-corrected chi connectivity index (χ2v) is 8.76. The van der Waals surface area contributed by atoms with Crippen LogP contribution in [0.15, 0.2) is 41.7 Å². The number of Topliss-reactive ketones (excluding diaryl/α,β-unsaturated/α-hetero) is 1. The number of carbonyl (C=O) groups is 1. The Bertz CT molecular complexity index is 1090. The van der Waals surface area contributed by atoms with E-state index in [1.54, 1.807) is 19.1 Å². The predicted octanol–water partition coefficient (Wildman–Crippen LogP) is 4.55. The Hall–Kier alpha value is -2.86. The van der Waals surface area contributed by atoms with E-state index in [2.05, 4.69) is 19.7 Å². The summed E-state index contributed by atoms with van der Waals surface area (Å²) < 4.78 is 68.1. The normalized spacial score (nSPS) is 20.5. The van der Waals surface area contributed by atoms with Crippen molar-refractivity contribution in [3.63, 3.8) is 0 Å². The number of amidine groups is 1. The van der Waals surface area contributed by atoms with Gasteiger partial charge in [0.2, 0.25) is 0 Å². The second kappa shape index (κ2) is 10.4. The van der Waals surface area contributed by atoms with Gasteiger partial charge in [0, 0.05) is 35.7 Å². The van der Waals surface area contributed by atoms with Gasteiger partial charge < -0.3 is 10.5 Å². The first-order valence-corrected chi connectivity index (χ1v) is 10.5. The molecular formula is C21H19F5N4O2S. The lowest BCUT2D eigenvalue weighted by molar-refractivity contribution is -0.128.